The van der Waals surface area contributed by atoms with Crippen LogP contribution in [0.4, 0.5) is 27.9 Å². The van der Waals surface area contributed by atoms with E-state index >= 15 is 0 Å². The maximum Gasteiger partial charge on any atom is 0.250 e. The Bertz CT molecular complexity index is 1290. The summed E-state index contributed by atoms with van der Waals surface area (Å²) < 4.78 is 18.7. The molecule has 3 N–H and O–H groups in total. The number of ether oxygens (including phenoxy) is 1. The Morgan fingerprint density at radius 3 is 2.56 bits per heavy atom. The first-order chi connectivity index (χ1) is 16.2. The summed E-state index contributed by atoms with van der Waals surface area (Å²) in [4.78, 5) is 18.9. The molecule has 0 atom stereocenters. The lowest BCUT2D eigenvalue weighted by Crippen LogP contribution is -3.00. The SMILES string of the molecule is Cc1[nH]c2ccccc2c1C=NNc1nc(Nc2ccc(F)cc2)nc(N2CCOCC2)n1.[Cl-]. The van der Waals surface area contributed by atoms with Gasteiger partial charge in [-0.2, -0.15) is 20.1 Å². The van der Waals surface area contributed by atoms with Gasteiger partial charge in [-0.15, -0.1) is 0 Å². The summed E-state index contributed by atoms with van der Waals surface area (Å²) in [6.45, 7) is 4.57. The van der Waals surface area contributed by atoms with Crippen LogP contribution in [0.25, 0.3) is 10.9 Å². The predicted molar refractivity (Wildman–Crippen MR) is 127 cm³/mol. The van der Waals surface area contributed by atoms with Gasteiger partial charge in [0.15, 0.2) is 0 Å². The van der Waals surface area contributed by atoms with E-state index in [9.17, 15) is 4.39 Å². The third kappa shape index (κ3) is 5.24. The molecule has 0 bridgehead atoms. The van der Waals surface area contributed by atoms with Gasteiger partial charge in [0.1, 0.15) is 5.82 Å². The molecule has 9 nitrogen and oxygen atoms in total. The van der Waals surface area contributed by atoms with Crippen molar-refractivity contribution in [1.29, 1.82) is 0 Å². The molecule has 176 valence electrons. The van der Waals surface area contributed by atoms with E-state index in [2.05, 4.69) is 35.8 Å². The normalized spacial score (nSPS) is 13.8. The first-order valence-corrected chi connectivity index (χ1v) is 10.6. The highest BCUT2D eigenvalue weighted by Crippen LogP contribution is 2.21. The Morgan fingerprint density at radius 2 is 1.76 bits per heavy atom. The van der Waals surface area contributed by atoms with E-state index in [1.807, 2.05) is 36.1 Å². The molecule has 0 spiro atoms. The number of morpholine rings is 1. The van der Waals surface area contributed by atoms with E-state index in [1.165, 1.54) is 12.1 Å². The topological polar surface area (TPSA) is 103 Å². The lowest BCUT2D eigenvalue weighted by atomic mass is 10.1. The third-order valence-corrected chi connectivity index (χ3v) is 5.32. The Morgan fingerprint density at radius 1 is 1.03 bits per heavy atom. The van der Waals surface area contributed by atoms with Gasteiger partial charge in [0, 0.05) is 40.9 Å². The molecule has 0 aliphatic carbocycles. The number of anilines is 4. The Hall–Kier alpha value is -3.76. The van der Waals surface area contributed by atoms with Gasteiger partial charge in [0.2, 0.25) is 17.8 Å². The largest absolute Gasteiger partial charge is 1.00 e. The molecule has 1 aliphatic rings. The van der Waals surface area contributed by atoms with Crippen LogP contribution in [0.3, 0.4) is 0 Å². The number of hydrazone groups is 1. The van der Waals surface area contributed by atoms with E-state index in [4.69, 9.17) is 4.74 Å². The van der Waals surface area contributed by atoms with Crippen LogP contribution in [-0.2, 0) is 4.74 Å². The summed E-state index contributed by atoms with van der Waals surface area (Å²) >= 11 is 0. The number of aromatic nitrogens is 4. The zero-order valence-electron chi connectivity index (χ0n) is 18.4. The number of halogens is 2. The molecule has 1 fully saturated rings. The molecular formula is C23H23ClFN8O-. The lowest BCUT2D eigenvalue weighted by Gasteiger charge is -2.27. The quantitative estimate of drug-likeness (QED) is 0.277. The molecule has 0 saturated carbocycles. The number of H-pyrrole nitrogens is 1. The van der Waals surface area contributed by atoms with Gasteiger partial charge < -0.3 is 32.3 Å². The van der Waals surface area contributed by atoms with E-state index < -0.39 is 0 Å². The van der Waals surface area contributed by atoms with Crippen LogP contribution in [0.2, 0.25) is 0 Å². The molecule has 0 radical (unpaired) electrons. The first kappa shape index (κ1) is 23.4. The molecule has 11 heteroatoms. The average molecular weight is 482 g/mol. The number of aryl methyl sites for hydroxylation is 1. The van der Waals surface area contributed by atoms with Crippen LogP contribution in [0, 0.1) is 12.7 Å². The van der Waals surface area contributed by atoms with Crippen molar-refractivity contribution < 1.29 is 21.5 Å². The molecule has 1 aliphatic heterocycles. The monoisotopic (exact) mass is 481 g/mol. The van der Waals surface area contributed by atoms with Crippen molar-refractivity contribution in [2.24, 2.45) is 5.10 Å². The summed E-state index contributed by atoms with van der Waals surface area (Å²) in [5.41, 5.74) is 6.65. The molecule has 5 rings (SSSR count). The molecule has 3 heterocycles. The smallest absolute Gasteiger partial charge is 0.250 e. The van der Waals surface area contributed by atoms with Crippen LogP contribution in [-0.4, -0.2) is 52.5 Å². The molecule has 1 saturated heterocycles. The highest BCUT2D eigenvalue weighted by atomic mass is 35.5. The molecule has 2 aromatic carbocycles. The van der Waals surface area contributed by atoms with Crippen LogP contribution >= 0.6 is 0 Å². The third-order valence-electron chi connectivity index (χ3n) is 5.32. The van der Waals surface area contributed by atoms with Gasteiger partial charge in [-0.05, 0) is 37.3 Å². The first-order valence-electron chi connectivity index (χ1n) is 10.6. The van der Waals surface area contributed by atoms with Gasteiger partial charge in [-0.1, -0.05) is 18.2 Å². The van der Waals surface area contributed by atoms with E-state index in [0.717, 1.165) is 22.2 Å². The van der Waals surface area contributed by atoms with Gasteiger partial charge >= 0.3 is 0 Å². The molecule has 0 amide bonds. The number of rotatable bonds is 6. The van der Waals surface area contributed by atoms with Crippen molar-refractivity contribution in [2.45, 2.75) is 6.92 Å². The van der Waals surface area contributed by atoms with Crippen LogP contribution in [0.5, 0.6) is 0 Å². The van der Waals surface area contributed by atoms with Crippen molar-refractivity contribution in [3.8, 4) is 0 Å². The number of nitrogens with zero attached hydrogens (tertiary/aromatic N) is 5. The molecule has 2 aromatic heterocycles. The Balaban J connectivity index is 0.00000274. The molecule has 0 unspecified atom stereocenters. The number of benzene rings is 2. The number of para-hydroxylation sites is 1. The van der Waals surface area contributed by atoms with Gasteiger partial charge in [-0.3, -0.25) is 0 Å². The number of hydrogen-bond donors (Lipinski definition) is 3. The number of aromatic amines is 1. The van der Waals surface area contributed by atoms with Crippen molar-refractivity contribution in [3.63, 3.8) is 0 Å². The Labute approximate surface area is 201 Å². The molecule has 4 aromatic rings. The molecule has 34 heavy (non-hydrogen) atoms. The molecular weight excluding hydrogens is 459 g/mol. The van der Waals surface area contributed by atoms with E-state index in [-0.39, 0.29) is 18.2 Å². The number of nitrogens with one attached hydrogen (secondary N) is 3. The fourth-order valence-electron chi connectivity index (χ4n) is 3.66. The zero-order valence-corrected chi connectivity index (χ0v) is 19.2. The summed E-state index contributed by atoms with van der Waals surface area (Å²) in [5, 5.41) is 8.56. The van der Waals surface area contributed by atoms with Gasteiger partial charge in [0.05, 0.1) is 19.4 Å². The van der Waals surface area contributed by atoms with Crippen molar-refractivity contribution in [2.75, 3.05) is 41.9 Å². The van der Waals surface area contributed by atoms with E-state index in [1.54, 1.807) is 18.3 Å². The summed E-state index contributed by atoms with van der Waals surface area (Å²) in [5.74, 6) is 0.831. The highest BCUT2D eigenvalue weighted by molar-refractivity contribution is 6.00. The minimum absolute atomic E-state index is 0. The number of fused-ring (bicyclic) bond motifs is 1. The van der Waals surface area contributed by atoms with Crippen LogP contribution < -0.4 is 28.0 Å². The fraction of sp³-hybridized carbons (Fsp3) is 0.217. The maximum atomic E-state index is 13.3. The lowest BCUT2D eigenvalue weighted by molar-refractivity contribution is -0.00000830. The van der Waals surface area contributed by atoms with Crippen molar-refractivity contribution in [3.05, 3.63) is 65.6 Å². The predicted octanol–water partition coefficient (Wildman–Crippen LogP) is 0.831. The minimum Gasteiger partial charge on any atom is -1.00 e. The highest BCUT2D eigenvalue weighted by Gasteiger charge is 2.17. The summed E-state index contributed by atoms with van der Waals surface area (Å²) in [6, 6.07) is 14.1. The second-order valence-corrected chi connectivity index (χ2v) is 7.59. The second-order valence-electron chi connectivity index (χ2n) is 7.59. The second kappa shape index (κ2) is 10.4. The van der Waals surface area contributed by atoms with E-state index in [0.29, 0.717) is 49.8 Å². The standard InChI is InChI=1S/C23H23FN8O.ClH/c1-15-19(18-4-2-3-5-20(18)26-15)14-25-31-22-28-21(27-17-8-6-16(24)7-9-17)29-23(30-22)32-10-12-33-13-11-32;/h2-9,14,26H,10-13H2,1H3,(H2,27,28,29,30,31);1H/p-1. The van der Waals surface area contributed by atoms with Gasteiger partial charge in [0.25, 0.3) is 0 Å². The van der Waals surface area contributed by atoms with Crippen LogP contribution in [0.1, 0.15) is 11.3 Å². The van der Waals surface area contributed by atoms with Crippen molar-refractivity contribution >= 4 is 40.6 Å². The Kier molecular flexibility index (Phi) is 7.19. The average Bonchev–Trinajstić information content (AvgIpc) is 3.16. The van der Waals surface area contributed by atoms with Crippen LogP contribution in [0.15, 0.2) is 53.6 Å². The van der Waals surface area contributed by atoms with Crippen molar-refractivity contribution in [1.82, 2.24) is 19.9 Å². The fourth-order valence-corrected chi connectivity index (χ4v) is 3.66. The minimum atomic E-state index is -0.311. The van der Waals surface area contributed by atoms with Gasteiger partial charge in [-0.25, -0.2) is 9.82 Å². The summed E-state index contributed by atoms with van der Waals surface area (Å²) in [7, 11) is 0. The number of hydrogen-bond acceptors (Lipinski definition) is 8. The maximum absolute atomic E-state index is 13.3. The summed E-state index contributed by atoms with van der Waals surface area (Å²) in [6.07, 6.45) is 1.75. The zero-order chi connectivity index (χ0) is 22.6.